The molecule has 0 aliphatic heterocycles. The fourth-order valence-electron chi connectivity index (χ4n) is 4.04. The fraction of sp³-hybridized carbons (Fsp3) is 0.667. The topological polar surface area (TPSA) is 124 Å². The summed E-state index contributed by atoms with van der Waals surface area (Å²) in [5.74, 6) is -1.66. The Morgan fingerprint density at radius 3 is 1.83 bits per heavy atom. The first-order valence-corrected chi connectivity index (χ1v) is 17.2. The lowest BCUT2D eigenvalue weighted by Gasteiger charge is -2.22. The van der Waals surface area contributed by atoms with Crippen molar-refractivity contribution in [3.63, 3.8) is 0 Å². The molecule has 0 radical (unpaired) electrons. The predicted octanol–water partition coefficient (Wildman–Crippen LogP) is 7.14. The molecule has 0 aromatic rings. The van der Waals surface area contributed by atoms with E-state index in [1.54, 1.807) is 12.2 Å². The first-order valence-electron chi connectivity index (χ1n) is 15.6. The van der Waals surface area contributed by atoms with E-state index in [0.29, 0.717) is 12.8 Å². The normalized spacial score (nSPS) is 15.1. The molecular formula is C33H57NO6S. The second-order valence-electron chi connectivity index (χ2n) is 10.5. The van der Waals surface area contributed by atoms with Crippen molar-refractivity contribution < 1.29 is 28.0 Å². The average Bonchev–Trinajstić information content (AvgIpc) is 2.92. The van der Waals surface area contributed by atoms with Crippen LogP contribution in [0, 0.1) is 0 Å². The molecule has 41 heavy (non-hydrogen) atoms. The molecule has 0 aromatic carbocycles. The Kier molecular flexibility index (Phi) is 25.6. The van der Waals surface area contributed by atoms with Gasteiger partial charge in [-0.3, -0.25) is 9.35 Å². The summed E-state index contributed by atoms with van der Waals surface area (Å²) in [5.41, 5.74) is 0. The van der Waals surface area contributed by atoms with Gasteiger partial charge in [-0.1, -0.05) is 120 Å². The second-order valence-corrected chi connectivity index (χ2v) is 12.0. The van der Waals surface area contributed by atoms with Crippen LogP contribution in [0.4, 0.5) is 0 Å². The summed E-state index contributed by atoms with van der Waals surface area (Å²) in [5, 5.41) is 23.0. The maximum Gasteiger partial charge on any atom is 0.267 e. The minimum Gasteiger partial charge on any atom is -0.387 e. The number of nitrogens with one attached hydrogen (secondary N) is 1. The molecule has 0 bridgehead atoms. The van der Waals surface area contributed by atoms with Crippen molar-refractivity contribution in [2.45, 2.75) is 135 Å². The van der Waals surface area contributed by atoms with Gasteiger partial charge in [-0.25, -0.2) is 0 Å². The lowest BCUT2D eigenvalue weighted by Crippen LogP contribution is -2.50. The Bertz CT molecular complexity index is 891. The van der Waals surface area contributed by atoms with Gasteiger partial charge in [0.2, 0.25) is 5.91 Å². The van der Waals surface area contributed by atoms with Crippen LogP contribution in [-0.2, 0) is 14.9 Å². The van der Waals surface area contributed by atoms with E-state index in [1.807, 2.05) is 6.08 Å². The highest BCUT2D eigenvalue weighted by Crippen LogP contribution is 2.08. The van der Waals surface area contributed by atoms with Crippen LogP contribution in [0.1, 0.15) is 117 Å². The van der Waals surface area contributed by atoms with Crippen LogP contribution in [0.25, 0.3) is 0 Å². The van der Waals surface area contributed by atoms with E-state index in [0.717, 1.165) is 32.1 Å². The van der Waals surface area contributed by atoms with Crippen molar-refractivity contribution in [3.8, 4) is 0 Å². The lowest BCUT2D eigenvalue weighted by atomic mass is 10.1. The molecule has 0 rings (SSSR count). The van der Waals surface area contributed by atoms with E-state index < -0.39 is 40.0 Å². The van der Waals surface area contributed by atoms with Gasteiger partial charge >= 0.3 is 0 Å². The smallest absolute Gasteiger partial charge is 0.267 e. The molecule has 0 saturated carbocycles. The average molecular weight is 596 g/mol. The summed E-state index contributed by atoms with van der Waals surface area (Å²) in [7, 11) is -4.46. The minimum absolute atomic E-state index is 0.0580. The largest absolute Gasteiger partial charge is 0.387 e. The molecule has 7 nitrogen and oxygen atoms in total. The number of aliphatic hydroxyl groups excluding tert-OH is 2. The quantitative estimate of drug-likeness (QED) is 0.0479. The van der Waals surface area contributed by atoms with Crippen molar-refractivity contribution in [1.29, 1.82) is 0 Å². The fourth-order valence-corrected chi connectivity index (χ4v) is 4.78. The van der Waals surface area contributed by atoms with Crippen LogP contribution in [0.3, 0.4) is 0 Å². The standard InChI is InChI=1S/C33H57NO6S/c1-3-5-7-9-11-13-15-17-19-21-23-25-27-31(35)30(29-41(38,39)40)34-33(37)32(36)28-26-24-22-20-18-16-14-12-10-8-6-4-2/h9,11,17-20,24-27,30-32,35-36H,3-8,10,12-16,21-23,28-29H2,1-2H3,(H,34,37)(H,38,39,40)/b11-9+,19-17+,20-18-,26-24-,27-25+. The zero-order valence-corrected chi connectivity index (χ0v) is 26.3. The van der Waals surface area contributed by atoms with Gasteiger partial charge in [0.1, 0.15) is 6.10 Å². The molecule has 0 spiro atoms. The molecular weight excluding hydrogens is 538 g/mol. The number of aliphatic hydroxyl groups is 2. The van der Waals surface area contributed by atoms with E-state index in [9.17, 15) is 28.0 Å². The van der Waals surface area contributed by atoms with Crippen LogP contribution in [-0.4, -0.2) is 53.1 Å². The summed E-state index contributed by atoms with van der Waals surface area (Å²) in [6.07, 6.45) is 33.0. The van der Waals surface area contributed by atoms with E-state index in [4.69, 9.17) is 0 Å². The highest BCUT2D eigenvalue weighted by molar-refractivity contribution is 7.85. The van der Waals surface area contributed by atoms with Gasteiger partial charge < -0.3 is 15.5 Å². The number of unbranched alkanes of at least 4 members (excludes halogenated alkanes) is 10. The molecule has 1 amide bonds. The molecule has 236 valence electrons. The number of rotatable bonds is 26. The highest BCUT2D eigenvalue weighted by atomic mass is 32.2. The summed E-state index contributed by atoms with van der Waals surface area (Å²) >= 11 is 0. The number of carbonyl (C=O) groups is 1. The van der Waals surface area contributed by atoms with Gasteiger partial charge in [-0.05, 0) is 51.4 Å². The molecule has 3 unspecified atom stereocenters. The van der Waals surface area contributed by atoms with E-state index in [1.165, 1.54) is 57.4 Å². The third-order valence-electron chi connectivity index (χ3n) is 6.51. The van der Waals surface area contributed by atoms with Gasteiger partial charge in [0.15, 0.2) is 0 Å². The first kappa shape index (κ1) is 39.0. The molecule has 0 aromatic heterocycles. The van der Waals surface area contributed by atoms with Crippen molar-refractivity contribution in [1.82, 2.24) is 5.32 Å². The van der Waals surface area contributed by atoms with Gasteiger partial charge in [-0.2, -0.15) is 8.42 Å². The number of carbonyl (C=O) groups excluding carboxylic acids is 1. The van der Waals surface area contributed by atoms with Crippen molar-refractivity contribution >= 4 is 16.0 Å². The Morgan fingerprint density at radius 2 is 1.20 bits per heavy atom. The number of allylic oxidation sites excluding steroid dienone is 8. The summed E-state index contributed by atoms with van der Waals surface area (Å²) in [6, 6.07) is -1.28. The van der Waals surface area contributed by atoms with E-state index in [-0.39, 0.29) is 6.42 Å². The molecule has 4 N–H and O–H groups in total. The van der Waals surface area contributed by atoms with Crippen molar-refractivity contribution in [2.24, 2.45) is 0 Å². The number of hydrogen-bond donors (Lipinski definition) is 4. The Balaban J connectivity index is 4.45. The zero-order valence-electron chi connectivity index (χ0n) is 25.5. The SMILES string of the molecule is CCCC/C=C/CC/C=C/CC/C=C/C(O)C(CS(=O)(=O)O)NC(=O)C(O)C/C=C\C/C=C\CCCCCCCC. The number of hydrogen-bond acceptors (Lipinski definition) is 5. The maximum absolute atomic E-state index is 12.4. The third kappa shape index (κ3) is 26.6. The molecule has 3 atom stereocenters. The minimum atomic E-state index is -4.46. The van der Waals surface area contributed by atoms with Gasteiger partial charge in [0, 0.05) is 6.42 Å². The second kappa shape index (κ2) is 26.9. The third-order valence-corrected chi connectivity index (χ3v) is 7.29. The Morgan fingerprint density at radius 1 is 0.683 bits per heavy atom. The van der Waals surface area contributed by atoms with Crippen molar-refractivity contribution in [2.75, 3.05) is 5.75 Å². The Labute approximate surface area is 250 Å². The monoisotopic (exact) mass is 595 g/mol. The van der Waals surface area contributed by atoms with Crippen LogP contribution < -0.4 is 5.32 Å². The highest BCUT2D eigenvalue weighted by Gasteiger charge is 2.27. The van der Waals surface area contributed by atoms with Crippen LogP contribution in [0.15, 0.2) is 60.8 Å². The van der Waals surface area contributed by atoms with E-state index in [2.05, 4.69) is 55.6 Å². The molecule has 8 heteroatoms. The van der Waals surface area contributed by atoms with Gasteiger partial charge in [-0.15, -0.1) is 0 Å². The summed E-state index contributed by atoms with van der Waals surface area (Å²) in [6.45, 7) is 4.39. The first-order chi connectivity index (χ1) is 19.7. The summed E-state index contributed by atoms with van der Waals surface area (Å²) < 4.78 is 32.2. The summed E-state index contributed by atoms with van der Waals surface area (Å²) in [4.78, 5) is 12.4. The molecule has 0 heterocycles. The Hall–Kier alpha value is -2.00. The molecule has 0 aliphatic carbocycles. The predicted molar refractivity (Wildman–Crippen MR) is 171 cm³/mol. The van der Waals surface area contributed by atoms with Crippen LogP contribution >= 0.6 is 0 Å². The lowest BCUT2D eigenvalue weighted by molar-refractivity contribution is -0.130. The molecule has 0 fully saturated rings. The maximum atomic E-state index is 12.4. The zero-order chi connectivity index (χ0) is 30.6. The van der Waals surface area contributed by atoms with Crippen molar-refractivity contribution in [3.05, 3.63) is 60.8 Å². The van der Waals surface area contributed by atoms with Gasteiger partial charge in [0.05, 0.1) is 17.9 Å². The van der Waals surface area contributed by atoms with Crippen LogP contribution in [0.5, 0.6) is 0 Å². The van der Waals surface area contributed by atoms with E-state index >= 15 is 0 Å². The van der Waals surface area contributed by atoms with Crippen LogP contribution in [0.2, 0.25) is 0 Å². The number of amides is 1. The van der Waals surface area contributed by atoms with Gasteiger partial charge in [0.25, 0.3) is 10.1 Å². The molecule has 0 saturated heterocycles. The molecule has 0 aliphatic rings.